The number of benzene rings is 4. The van der Waals surface area contributed by atoms with Crippen molar-refractivity contribution in [3.8, 4) is 39.6 Å². The fourth-order valence-electron chi connectivity index (χ4n) is 4.66. The van der Waals surface area contributed by atoms with E-state index < -0.39 is 4.92 Å². The van der Waals surface area contributed by atoms with Crippen LogP contribution in [-0.4, -0.2) is 14.5 Å². The molecule has 0 N–H and O–H groups in total. The molecule has 8 heteroatoms. The number of nitrogens with zero attached hydrogens (tertiary/aromatic N) is 3. The summed E-state index contributed by atoms with van der Waals surface area (Å²) in [6.45, 7) is 1.84. The second-order valence-electron chi connectivity index (χ2n) is 9.05. The number of nitro benzene ring substituents is 1. The van der Waals surface area contributed by atoms with Crippen LogP contribution >= 0.6 is 11.6 Å². The highest BCUT2D eigenvalue weighted by Crippen LogP contribution is 2.39. The first kappa shape index (κ1) is 24.3. The summed E-state index contributed by atoms with van der Waals surface area (Å²) in [5.74, 6) is 0.292. The first-order valence-corrected chi connectivity index (χ1v) is 12.5. The highest BCUT2D eigenvalue weighted by molar-refractivity contribution is 6.32. The smallest absolute Gasteiger partial charge is 0.271 e. The summed E-state index contributed by atoms with van der Waals surface area (Å²) in [5, 5.41) is 12.5. The first-order chi connectivity index (χ1) is 18.9. The van der Waals surface area contributed by atoms with E-state index in [9.17, 15) is 14.9 Å². The Hall–Kier alpha value is -5.01. The number of imidazole rings is 1. The Morgan fingerprint density at radius 3 is 2.28 bits per heavy atom. The van der Waals surface area contributed by atoms with Gasteiger partial charge >= 0.3 is 0 Å². The molecule has 6 aromatic rings. The number of rotatable bonds is 5. The third-order valence-electron chi connectivity index (χ3n) is 6.57. The summed E-state index contributed by atoms with van der Waals surface area (Å²) in [4.78, 5) is 30.1. The van der Waals surface area contributed by atoms with Gasteiger partial charge in [0.05, 0.1) is 27.4 Å². The van der Waals surface area contributed by atoms with Crippen molar-refractivity contribution in [2.75, 3.05) is 0 Å². The quantitative estimate of drug-likeness (QED) is 0.166. The van der Waals surface area contributed by atoms with E-state index in [1.54, 1.807) is 28.8 Å². The molecule has 0 saturated heterocycles. The van der Waals surface area contributed by atoms with Crippen molar-refractivity contribution in [1.29, 1.82) is 0 Å². The number of nitro groups is 1. The van der Waals surface area contributed by atoms with E-state index in [4.69, 9.17) is 21.0 Å². The molecule has 0 amide bonds. The first-order valence-electron chi connectivity index (χ1n) is 12.1. The van der Waals surface area contributed by atoms with E-state index >= 15 is 0 Å². The number of halogens is 1. The largest absolute Gasteiger partial charge is 0.463 e. The molecule has 0 spiro atoms. The molecule has 0 fully saturated rings. The molecule has 7 nitrogen and oxygen atoms in total. The van der Waals surface area contributed by atoms with Gasteiger partial charge in [0.25, 0.3) is 5.69 Å². The average Bonchev–Trinajstić information content (AvgIpc) is 3.36. The van der Waals surface area contributed by atoms with Gasteiger partial charge in [-0.2, -0.15) is 0 Å². The van der Waals surface area contributed by atoms with Gasteiger partial charge in [0.15, 0.2) is 5.82 Å². The Morgan fingerprint density at radius 2 is 1.59 bits per heavy atom. The Morgan fingerprint density at radius 1 is 0.897 bits per heavy atom. The fraction of sp³-hybridized carbons (Fsp3) is 0.0323. The molecular formula is C31H20ClN3O4. The topological polar surface area (TPSA) is 91.2 Å². The Labute approximate surface area is 227 Å². The Kier molecular flexibility index (Phi) is 6.05. The van der Waals surface area contributed by atoms with E-state index in [2.05, 4.69) is 0 Å². The number of hydrogen-bond acceptors (Lipinski definition) is 5. The third kappa shape index (κ3) is 4.28. The van der Waals surface area contributed by atoms with Crippen LogP contribution in [0.15, 0.2) is 113 Å². The SMILES string of the molecule is Cc1cc2occ(-c3nc(-c4ccccc4)c(-c4ccccc4)n3-c3cccc([N+](=O)[O-])c3)c(=O)c2cc1Cl. The lowest BCUT2D eigenvalue weighted by Crippen LogP contribution is -2.10. The lowest BCUT2D eigenvalue weighted by Gasteiger charge is -2.13. The van der Waals surface area contributed by atoms with Gasteiger partial charge < -0.3 is 4.42 Å². The second kappa shape index (κ2) is 9.70. The van der Waals surface area contributed by atoms with E-state index in [0.717, 1.165) is 16.7 Å². The molecule has 0 aliphatic carbocycles. The van der Waals surface area contributed by atoms with Crippen LogP contribution in [-0.2, 0) is 0 Å². The van der Waals surface area contributed by atoms with Crippen LogP contribution in [0.2, 0.25) is 5.02 Å². The fourth-order valence-corrected chi connectivity index (χ4v) is 4.83. The molecule has 0 aliphatic heterocycles. The summed E-state index contributed by atoms with van der Waals surface area (Å²) in [6.07, 6.45) is 1.39. The molecule has 190 valence electrons. The zero-order valence-electron chi connectivity index (χ0n) is 20.7. The highest BCUT2D eigenvalue weighted by Gasteiger charge is 2.25. The molecule has 4 aromatic carbocycles. The minimum Gasteiger partial charge on any atom is -0.463 e. The van der Waals surface area contributed by atoms with Gasteiger partial charge in [-0.1, -0.05) is 78.3 Å². The predicted octanol–water partition coefficient (Wildman–Crippen LogP) is 7.85. The van der Waals surface area contributed by atoms with Crippen molar-refractivity contribution >= 4 is 28.3 Å². The van der Waals surface area contributed by atoms with Crippen LogP contribution in [0.25, 0.3) is 50.6 Å². The number of aromatic nitrogens is 2. The summed E-state index contributed by atoms with van der Waals surface area (Å²) in [6, 6.07) is 28.8. The molecule has 0 bridgehead atoms. The van der Waals surface area contributed by atoms with Gasteiger partial charge in [-0.3, -0.25) is 19.5 Å². The molecule has 0 atom stereocenters. The lowest BCUT2D eigenvalue weighted by molar-refractivity contribution is -0.384. The second-order valence-corrected chi connectivity index (χ2v) is 9.46. The number of non-ortho nitro benzene ring substituents is 1. The van der Waals surface area contributed by atoms with Crippen molar-refractivity contribution in [3.05, 3.63) is 134 Å². The van der Waals surface area contributed by atoms with Crippen LogP contribution < -0.4 is 5.43 Å². The van der Waals surface area contributed by atoms with Gasteiger partial charge in [0.1, 0.15) is 17.4 Å². The van der Waals surface area contributed by atoms with E-state index in [-0.39, 0.29) is 16.7 Å². The molecular weight excluding hydrogens is 514 g/mol. The minimum atomic E-state index is -0.449. The number of hydrogen-bond donors (Lipinski definition) is 0. The monoisotopic (exact) mass is 533 g/mol. The standard InChI is InChI=1S/C31H20ClN3O4/c1-19-15-27-24(17-26(19)32)30(36)25(18-39-27)31-33-28(20-9-4-2-5-10-20)29(21-11-6-3-7-12-21)34(31)22-13-8-14-23(16-22)35(37)38/h2-18H,1H3. The van der Waals surface area contributed by atoms with Crippen molar-refractivity contribution in [2.45, 2.75) is 6.92 Å². The van der Waals surface area contributed by atoms with Gasteiger partial charge in [0, 0.05) is 28.3 Å². The van der Waals surface area contributed by atoms with Crippen molar-refractivity contribution in [3.63, 3.8) is 0 Å². The summed E-state index contributed by atoms with van der Waals surface area (Å²) in [5.41, 5.74) is 4.43. The van der Waals surface area contributed by atoms with Gasteiger partial charge in [-0.15, -0.1) is 0 Å². The van der Waals surface area contributed by atoms with Crippen LogP contribution in [0.3, 0.4) is 0 Å². The number of aryl methyl sites for hydroxylation is 1. The van der Waals surface area contributed by atoms with Gasteiger partial charge in [-0.05, 0) is 30.7 Å². The molecule has 0 unspecified atom stereocenters. The molecule has 2 heterocycles. The molecule has 6 rings (SSSR count). The molecule has 39 heavy (non-hydrogen) atoms. The lowest BCUT2D eigenvalue weighted by atomic mass is 10.0. The Bertz CT molecular complexity index is 1930. The summed E-state index contributed by atoms with van der Waals surface area (Å²) >= 11 is 6.36. The zero-order valence-corrected chi connectivity index (χ0v) is 21.4. The minimum absolute atomic E-state index is 0.0831. The van der Waals surface area contributed by atoms with Gasteiger partial charge in [-0.25, -0.2) is 4.98 Å². The van der Waals surface area contributed by atoms with E-state index in [1.807, 2.05) is 67.6 Å². The van der Waals surface area contributed by atoms with Gasteiger partial charge in [0.2, 0.25) is 5.43 Å². The normalized spacial score (nSPS) is 11.1. The van der Waals surface area contributed by atoms with Crippen LogP contribution in [0, 0.1) is 17.0 Å². The molecule has 0 saturated carbocycles. The van der Waals surface area contributed by atoms with Crippen LogP contribution in [0.4, 0.5) is 5.69 Å². The maximum atomic E-state index is 13.9. The van der Waals surface area contributed by atoms with Crippen LogP contribution in [0.1, 0.15) is 5.56 Å². The van der Waals surface area contributed by atoms with Crippen LogP contribution in [0.5, 0.6) is 0 Å². The molecule has 0 aliphatic rings. The number of fused-ring (bicyclic) bond motifs is 1. The summed E-state index contributed by atoms with van der Waals surface area (Å²) in [7, 11) is 0. The third-order valence-corrected chi connectivity index (χ3v) is 6.97. The maximum absolute atomic E-state index is 13.9. The predicted molar refractivity (Wildman–Crippen MR) is 152 cm³/mol. The van der Waals surface area contributed by atoms with E-state index in [0.29, 0.717) is 38.9 Å². The van der Waals surface area contributed by atoms with Crippen molar-refractivity contribution < 1.29 is 9.34 Å². The van der Waals surface area contributed by atoms with Crippen molar-refractivity contribution in [2.24, 2.45) is 0 Å². The zero-order chi connectivity index (χ0) is 27.1. The maximum Gasteiger partial charge on any atom is 0.271 e. The highest BCUT2D eigenvalue weighted by atomic mass is 35.5. The average molecular weight is 534 g/mol. The molecule has 0 radical (unpaired) electrons. The Balaban J connectivity index is 1.75. The van der Waals surface area contributed by atoms with Crippen molar-refractivity contribution in [1.82, 2.24) is 9.55 Å². The van der Waals surface area contributed by atoms with E-state index in [1.165, 1.54) is 18.4 Å². The summed E-state index contributed by atoms with van der Waals surface area (Å²) < 4.78 is 7.68. The molecule has 2 aromatic heterocycles.